The van der Waals surface area contributed by atoms with E-state index in [0.29, 0.717) is 12.1 Å². The van der Waals surface area contributed by atoms with E-state index in [1.807, 2.05) is 37.1 Å². The fraction of sp³-hybridized carbons (Fsp3) is 0.350. The van der Waals surface area contributed by atoms with Gasteiger partial charge in [-0.3, -0.25) is 9.48 Å². The molecule has 1 aliphatic rings. The van der Waals surface area contributed by atoms with Gasteiger partial charge in [0.25, 0.3) is 5.91 Å². The molecule has 0 bridgehead atoms. The van der Waals surface area contributed by atoms with Crippen LogP contribution in [0.4, 0.5) is 5.69 Å². The monoisotopic (exact) mass is 349 g/mol. The summed E-state index contributed by atoms with van der Waals surface area (Å²) >= 11 is 0. The second-order valence-electron chi connectivity index (χ2n) is 7.11. The topological polar surface area (TPSA) is 54.3 Å². The fourth-order valence-corrected chi connectivity index (χ4v) is 3.79. The van der Waals surface area contributed by atoms with Gasteiger partial charge in [-0.2, -0.15) is 5.10 Å². The van der Waals surface area contributed by atoms with Gasteiger partial charge in [-0.05, 0) is 31.5 Å². The van der Waals surface area contributed by atoms with Gasteiger partial charge in [-0.1, -0.05) is 18.2 Å². The molecule has 0 aliphatic carbocycles. The number of hydrogen-bond donors (Lipinski definition) is 0. The molecule has 1 aliphatic heterocycles. The van der Waals surface area contributed by atoms with Gasteiger partial charge >= 0.3 is 0 Å². The Bertz CT molecular complexity index is 993. The summed E-state index contributed by atoms with van der Waals surface area (Å²) in [5, 5.41) is 5.09. The van der Waals surface area contributed by atoms with E-state index < -0.39 is 0 Å². The Balaban J connectivity index is 1.79. The van der Waals surface area contributed by atoms with E-state index in [4.69, 9.17) is 0 Å². The molecule has 0 saturated heterocycles. The van der Waals surface area contributed by atoms with Gasteiger partial charge in [0.1, 0.15) is 0 Å². The third kappa shape index (κ3) is 2.62. The minimum Gasteiger partial charge on any atom is -0.372 e. The van der Waals surface area contributed by atoms with E-state index >= 15 is 0 Å². The van der Waals surface area contributed by atoms with Crippen molar-refractivity contribution in [1.29, 1.82) is 0 Å². The van der Waals surface area contributed by atoms with Crippen molar-refractivity contribution in [3.8, 4) is 0 Å². The average molecular weight is 349 g/mol. The first-order chi connectivity index (χ1) is 12.5. The first-order valence-corrected chi connectivity index (χ1v) is 8.85. The summed E-state index contributed by atoms with van der Waals surface area (Å²) < 4.78 is 1.72. The van der Waals surface area contributed by atoms with Crippen LogP contribution in [0.25, 0.3) is 11.0 Å². The van der Waals surface area contributed by atoms with Gasteiger partial charge in [0.2, 0.25) is 0 Å². The van der Waals surface area contributed by atoms with Crippen molar-refractivity contribution in [3.63, 3.8) is 0 Å². The molecule has 134 valence electrons. The molecule has 3 aromatic rings. The lowest BCUT2D eigenvalue weighted by Gasteiger charge is -2.29. The molecule has 2 aromatic heterocycles. The standard InChI is InChI=1S/C20H23N5O/c1-13-9-16(17-10-21-24(4)19(17)22-13)20(26)25-12-15-7-5-6-8-18(15)23(3)11-14(25)2/h5-10,14H,11-12H2,1-4H3/t14-/m1/s1. The van der Waals surface area contributed by atoms with Crippen LogP contribution in [0.3, 0.4) is 0 Å². The first kappa shape index (κ1) is 16.6. The molecule has 0 N–H and O–H groups in total. The smallest absolute Gasteiger partial charge is 0.255 e. The Morgan fingerprint density at radius 1 is 1.23 bits per heavy atom. The van der Waals surface area contributed by atoms with Crippen LogP contribution in [-0.4, -0.2) is 45.2 Å². The van der Waals surface area contributed by atoms with Crippen molar-refractivity contribution < 1.29 is 4.79 Å². The van der Waals surface area contributed by atoms with Crippen molar-refractivity contribution in [2.75, 3.05) is 18.5 Å². The van der Waals surface area contributed by atoms with Crippen LogP contribution >= 0.6 is 0 Å². The molecule has 0 saturated carbocycles. The molecular weight excluding hydrogens is 326 g/mol. The zero-order valence-electron chi connectivity index (χ0n) is 15.6. The van der Waals surface area contributed by atoms with Crippen molar-refractivity contribution in [1.82, 2.24) is 19.7 Å². The predicted molar refractivity (Wildman–Crippen MR) is 102 cm³/mol. The number of carbonyl (C=O) groups is 1. The number of carbonyl (C=O) groups excluding carboxylic acids is 1. The largest absolute Gasteiger partial charge is 0.372 e. The SMILES string of the molecule is Cc1cc(C(=O)N2Cc3ccccc3N(C)C[C@H]2C)c2cnn(C)c2n1. The highest BCUT2D eigenvalue weighted by molar-refractivity contribution is 6.05. The number of pyridine rings is 1. The minimum absolute atomic E-state index is 0.0334. The Hall–Kier alpha value is -2.89. The quantitative estimate of drug-likeness (QED) is 0.678. The summed E-state index contributed by atoms with van der Waals surface area (Å²) in [6, 6.07) is 10.3. The highest BCUT2D eigenvalue weighted by Gasteiger charge is 2.29. The fourth-order valence-electron chi connectivity index (χ4n) is 3.79. The summed E-state index contributed by atoms with van der Waals surface area (Å²) in [5.74, 6) is 0.0334. The number of amides is 1. The molecule has 6 heteroatoms. The number of nitrogens with zero attached hydrogens (tertiary/aromatic N) is 5. The van der Waals surface area contributed by atoms with Crippen LogP contribution in [0.15, 0.2) is 36.5 Å². The summed E-state index contributed by atoms with van der Waals surface area (Å²) in [6.45, 7) is 5.42. The lowest BCUT2D eigenvalue weighted by Crippen LogP contribution is -2.42. The molecule has 1 aromatic carbocycles. The summed E-state index contributed by atoms with van der Waals surface area (Å²) in [6.07, 6.45) is 1.73. The zero-order valence-corrected chi connectivity index (χ0v) is 15.6. The molecule has 1 amide bonds. The van der Waals surface area contributed by atoms with Gasteiger partial charge in [0.15, 0.2) is 5.65 Å². The molecule has 4 rings (SSSR count). The third-order valence-corrected chi connectivity index (χ3v) is 5.14. The summed E-state index contributed by atoms with van der Waals surface area (Å²) in [4.78, 5) is 22.2. The predicted octanol–water partition coefficient (Wildman–Crippen LogP) is 2.76. The molecule has 0 radical (unpaired) electrons. The van der Waals surface area contributed by atoms with Gasteiger partial charge in [0, 0.05) is 44.6 Å². The van der Waals surface area contributed by atoms with Crippen LogP contribution in [0.1, 0.15) is 28.5 Å². The van der Waals surface area contributed by atoms with Crippen LogP contribution in [0, 0.1) is 6.92 Å². The molecule has 1 atom stereocenters. The average Bonchev–Trinajstić information content (AvgIpc) is 2.93. The molecule has 0 unspecified atom stereocenters. The van der Waals surface area contributed by atoms with Gasteiger partial charge in [-0.15, -0.1) is 0 Å². The maximum absolute atomic E-state index is 13.5. The van der Waals surface area contributed by atoms with Crippen molar-refractivity contribution in [3.05, 3.63) is 53.3 Å². The maximum atomic E-state index is 13.5. The molecule has 3 heterocycles. The second kappa shape index (κ2) is 6.12. The summed E-state index contributed by atoms with van der Waals surface area (Å²) in [7, 11) is 3.93. The van der Waals surface area contributed by atoms with Crippen molar-refractivity contribution >= 4 is 22.6 Å². The highest BCUT2D eigenvalue weighted by atomic mass is 16.2. The molecule has 26 heavy (non-hydrogen) atoms. The number of rotatable bonds is 1. The lowest BCUT2D eigenvalue weighted by atomic mass is 10.1. The molecule has 0 fully saturated rings. The van der Waals surface area contributed by atoms with E-state index in [0.717, 1.165) is 23.3 Å². The Morgan fingerprint density at radius 2 is 2.00 bits per heavy atom. The molecule has 0 spiro atoms. The van der Waals surface area contributed by atoms with E-state index in [1.54, 1.807) is 10.9 Å². The highest BCUT2D eigenvalue weighted by Crippen LogP contribution is 2.28. The number of aryl methyl sites for hydroxylation is 2. The Kier molecular flexibility index (Phi) is 3.90. The number of hydrogen-bond acceptors (Lipinski definition) is 4. The Labute approximate surface area is 153 Å². The second-order valence-corrected chi connectivity index (χ2v) is 7.11. The molecule has 6 nitrogen and oxygen atoms in total. The maximum Gasteiger partial charge on any atom is 0.255 e. The number of likely N-dealkylation sites (N-methyl/N-ethyl adjacent to an activating group) is 1. The van der Waals surface area contributed by atoms with E-state index in [-0.39, 0.29) is 11.9 Å². The van der Waals surface area contributed by atoms with Crippen molar-refractivity contribution in [2.24, 2.45) is 7.05 Å². The number of benzene rings is 1. The van der Waals surface area contributed by atoms with E-state index in [9.17, 15) is 4.79 Å². The van der Waals surface area contributed by atoms with Gasteiger partial charge in [-0.25, -0.2) is 4.98 Å². The summed E-state index contributed by atoms with van der Waals surface area (Å²) in [5.41, 5.74) is 4.60. The third-order valence-electron chi connectivity index (χ3n) is 5.14. The van der Waals surface area contributed by atoms with Crippen LogP contribution < -0.4 is 4.90 Å². The lowest BCUT2D eigenvalue weighted by molar-refractivity contribution is 0.0689. The van der Waals surface area contributed by atoms with Crippen LogP contribution in [0.2, 0.25) is 0 Å². The van der Waals surface area contributed by atoms with E-state index in [2.05, 4.69) is 41.1 Å². The van der Waals surface area contributed by atoms with Crippen LogP contribution in [-0.2, 0) is 13.6 Å². The van der Waals surface area contributed by atoms with E-state index in [1.165, 1.54) is 11.3 Å². The van der Waals surface area contributed by atoms with Crippen LogP contribution in [0.5, 0.6) is 0 Å². The number of anilines is 1. The normalized spacial score (nSPS) is 17.3. The van der Waals surface area contributed by atoms with Gasteiger partial charge < -0.3 is 9.80 Å². The number of aromatic nitrogens is 3. The van der Waals surface area contributed by atoms with Crippen molar-refractivity contribution in [2.45, 2.75) is 26.4 Å². The minimum atomic E-state index is 0.0334. The number of para-hydroxylation sites is 1. The number of fused-ring (bicyclic) bond motifs is 2. The molecular formula is C20H23N5O. The Morgan fingerprint density at radius 3 is 2.81 bits per heavy atom. The zero-order chi connectivity index (χ0) is 18.4. The first-order valence-electron chi connectivity index (χ1n) is 8.85. The van der Waals surface area contributed by atoms with Gasteiger partial charge in [0.05, 0.1) is 17.1 Å².